The molecule has 2 heterocycles. The summed E-state index contributed by atoms with van der Waals surface area (Å²) >= 11 is 1.59. The second kappa shape index (κ2) is 5.78. The van der Waals surface area contributed by atoms with E-state index >= 15 is 0 Å². The predicted molar refractivity (Wildman–Crippen MR) is 78.6 cm³/mol. The highest BCUT2D eigenvalue weighted by atomic mass is 32.2. The maximum Gasteiger partial charge on any atom is 0.191 e. The van der Waals surface area contributed by atoms with Gasteiger partial charge in [-0.05, 0) is 32.4 Å². The summed E-state index contributed by atoms with van der Waals surface area (Å²) in [6.45, 7) is 8.64. The number of nitrogens with one attached hydrogen (secondary N) is 1. The second-order valence-corrected chi connectivity index (χ2v) is 5.74. The monoisotopic (exact) mass is 266 g/mol. The van der Waals surface area contributed by atoms with Crippen molar-refractivity contribution in [2.24, 2.45) is 5.92 Å². The van der Waals surface area contributed by atoms with Crippen LogP contribution in [0.15, 0.2) is 11.2 Å². The third-order valence-electron chi connectivity index (χ3n) is 3.31. The van der Waals surface area contributed by atoms with Crippen molar-refractivity contribution < 1.29 is 0 Å². The molecule has 1 fully saturated rings. The summed E-state index contributed by atoms with van der Waals surface area (Å²) in [6.07, 6.45) is 3.26. The van der Waals surface area contributed by atoms with Crippen molar-refractivity contribution in [1.82, 2.24) is 9.97 Å². The topological polar surface area (TPSA) is 41.0 Å². The molecule has 0 aromatic carbocycles. The Morgan fingerprint density at radius 2 is 2.22 bits per heavy atom. The van der Waals surface area contributed by atoms with E-state index in [-0.39, 0.29) is 0 Å². The first-order chi connectivity index (χ1) is 8.63. The van der Waals surface area contributed by atoms with Gasteiger partial charge in [0.2, 0.25) is 0 Å². The van der Waals surface area contributed by atoms with Gasteiger partial charge in [-0.1, -0.05) is 18.7 Å². The third kappa shape index (κ3) is 2.88. The van der Waals surface area contributed by atoms with Crippen LogP contribution in [0.1, 0.15) is 27.2 Å². The molecule has 2 unspecified atom stereocenters. The Morgan fingerprint density at radius 3 is 2.78 bits per heavy atom. The van der Waals surface area contributed by atoms with Crippen LogP contribution in [0.4, 0.5) is 11.6 Å². The molecule has 1 aromatic rings. The van der Waals surface area contributed by atoms with Crippen LogP contribution >= 0.6 is 11.8 Å². The zero-order chi connectivity index (χ0) is 13.1. The molecule has 1 aromatic heterocycles. The molecule has 0 radical (unpaired) electrons. The summed E-state index contributed by atoms with van der Waals surface area (Å²) in [5.41, 5.74) is 0. The lowest BCUT2D eigenvalue weighted by atomic mass is 10.1. The summed E-state index contributed by atoms with van der Waals surface area (Å²) in [5.74, 6) is 2.73. The quantitative estimate of drug-likeness (QED) is 0.670. The van der Waals surface area contributed by atoms with E-state index in [9.17, 15) is 0 Å². The maximum absolute atomic E-state index is 4.64. The lowest BCUT2D eigenvalue weighted by Gasteiger charge is -2.23. The van der Waals surface area contributed by atoms with E-state index in [4.69, 9.17) is 0 Å². The predicted octanol–water partition coefficient (Wildman–Crippen LogP) is 2.87. The smallest absolute Gasteiger partial charge is 0.191 e. The van der Waals surface area contributed by atoms with Gasteiger partial charge in [-0.25, -0.2) is 9.97 Å². The number of anilines is 2. The van der Waals surface area contributed by atoms with Crippen LogP contribution in [0.3, 0.4) is 0 Å². The zero-order valence-corrected chi connectivity index (χ0v) is 12.4. The molecule has 0 saturated carbocycles. The minimum Gasteiger partial charge on any atom is -0.370 e. The number of thioether (sulfide) groups is 1. The highest BCUT2D eigenvalue weighted by Crippen LogP contribution is 2.29. The summed E-state index contributed by atoms with van der Waals surface area (Å²) in [6, 6.07) is 2.64. The van der Waals surface area contributed by atoms with E-state index in [1.54, 1.807) is 11.8 Å². The fourth-order valence-corrected chi connectivity index (χ4v) is 2.92. The van der Waals surface area contributed by atoms with E-state index in [1.807, 2.05) is 6.26 Å². The van der Waals surface area contributed by atoms with Crippen LogP contribution in [0, 0.1) is 5.92 Å². The lowest BCUT2D eigenvalue weighted by Crippen LogP contribution is -2.28. The number of hydrogen-bond acceptors (Lipinski definition) is 5. The summed E-state index contributed by atoms with van der Waals surface area (Å²) in [7, 11) is 0. The Hall–Kier alpha value is -0.970. The van der Waals surface area contributed by atoms with Gasteiger partial charge in [0.15, 0.2) is 5.16 Å². The minimum atomic E-state index is 0.569. The fourth-order valence-electron chi connectivity index (χ4n) is 2.54. The van der Waals surface area contributed by atoms with Crippen LogP contribution in [0.25, 0.3) is 0 Å². The summed E-state index contributed by atoms with van der Waals surface area (Å²) in [5, 5.41) is 4.12. The van der Waals surface area contributed by atoms with Crippen molar-refractivity contribution in [3.8, 4) is 0 Å². The summed E-state index contributed by atoms with van der Waals surface area (Å²) < 4.78 is 0. The normalized spacial score (nSPS) is 23.4. The molecule has 4 nitrogen and oxygen atoms in total. The van der Waals surface area contributed by atoms with Crippen molar-refractivity contribution in [3.05, 3.63) is 6.07 Å². The van der Waals surface area contributed by atoms with Gasteiger partial charge in [-0.15, -0.1) is 0 Å². The molecule has 0 bridgehead atoms. The van der Waals surface area contributed by atoms with Gasteiger partial charge in [0.1, 0.15) is 11.6 Å². The van der Waals surface area contributed by atoms with Crippen molar-refractivity contribution in [1.29, 1.82) is 0 Å². The molecule has 2 rings (SSSR count). The molecule has 0 spiro atoms. The molecule has 1 saturated heterocycles. The van der Waals surface area contributed by atoms with Gasteiger partial charge < -0.3 is 10.2 Å². The Balaban J connectivity index is 2.28. The first-order valence-corrected chi connectivity index (χ1v) is 7.80. The SMILES string of the molecule is CCNc1cc(N2CC(C)CC2C)nc(SC)n1. The van der Waals surface area contributed by atoms with Gasteiger partial charge in [-0.3, -0.25) is 0 Å². The molecule has 1 aliphatic heterocycles. The van der Waals surface area contributed by atoms with Crippen molar-refractivity contribution in [2.75, 3.05) is 29.6 Å². The van der Waals surface area contributed by atoms with Crippen molar-refractivity contribution in [3.63, 3.8) is 0 Å². The lowest BCUT2D eigenvalue weighted by molar-refractivity contribution is 0.625. The molecular formula is C13H22N4S. The largest absolute Gasteiger partial charge is 0.370 e. The standard InChI is InChI=1S/C13H22N4S/c1-5-14-11-7-12(16-13(15-11)18-4)17-8-9(2)6-10(17)3/h7,9-10H,5-6,8H2,1-4H3,(H,14,15,16). The van der Waals surface area contributed by atoms with E-state index in [0.29, 0.717) is 6.04 Å². The van der Waals surface area contributed by atoms with Gasteiger partial charge in [0.25, 0.3) is 0 Å². The molecular weight excluding hydrogens is 244 g/mol. The Bertz CT molecular complexity index is 410. The van der Waals surface area contributed by atoms with Crippen LogP contribution in [0.5, 0.6) is 0 Å². The van der Waals surface area contributed by atoms with Gasteiger partial charge in [0.05, 0.1) is 0 Å². The van der Waals surface area contributed by atoms with Crippen molar-refractivity contribution in [2.45, 2.75) is 38.4 Å². The molecule has 0 aliphatic carbocycles. The average Bonchev–Trinajstić information content (AvgIpc) is 2.68. The number of aromatic nitrogens is 2. The maximum atomic E-state index is 4.64. The van der Waals surface area contributed by atoms with E-state index in [0.717, 1.165) is 35.8 Å². The zero-order valence-electron chi connectivity index (χ0n) is 11.6. The average molecular weight is 266 g/mol. The molecule has 1 N–H and O–H groups in total. The van der Waals surface area contributed by atoms with Crippen molar-refractivity contribution >= 4 is 23.4 Å². The Labute approximate surface area is 114 Å². The Morgan fingerprint density at radius 1 is 1.44 bits per heavy atom. The first-order valence-electron chi connectivity index (χ1n) is 6.57. The van der Waals surface area contributed by atoms with E-state index in [2.05, 4.69) is 47.0 Å². The first kappa shape index (κ1) is 13.5. The molecule has 18 heavy (non-hydrogen) atoms. The molecule has 100 valence electrons. The van der Waals surface area contributed by atoms with E-state index < -0.39 is 0 Å². The van der Waals surface area contributed by atoms with Crippen LogP contribution in [-0.4, -0.2) is 35.4 Å². The summed E-state index contributed by atoms with van der Waals surface area (Å²) in [4.78, 5) is 11.5. The molecule has 0 amide bonds. The highest BCUT2D eigenvalue weighted by Gasteiger charge is 2.27. The van der Waals surface area contributed by atoms with Crippen LogP contribution in [-0.2, 0) is 0 Å². The molecule has 5 heteroatoms. The molecule has 2 atom stereocenters. The van der Waals surface area contributed by atoms with Crippen LogP contribution < -0.4 is 10.2 Å². The van der Waals surface area contributed by atoms with Gasteiger partial charge in [-0.2, -0.15) is 0 Å². The van der Waals surface area contributed by atoms with Gasteiger partial charge in [0, 0.05) is 25.2 Å². The van der Waals surface area contributed by atoms with E-state index in [1.165, 1.54) is 6.42 Å². The second-order valence-electron chi connectivity index (χ2n) is 4.97. The number of hydrogen-bond donors (Lipinski definition) is 1. The minimum absolute atomic E-state index is 0.569. The fraction of sp³-hybridized carbons (Fsp3) is 0.692. The Kier molecular flexibility index (Phi) is 4.32. The van der Waals surface area contributed by atoms with Gasteiger partial charge >= 0.3 is 0 Å². The highest BCUT2D eigenvalue weighted by molar-refractivity contribution is 7.98. The number of nitrogens with zero attached hydrogens (tertiary/aromatic N) is 3. The third-order valence-corrected chi connectivity index (χ3v) is 3.86. The number of rotatable bonds is 4. The van der Waals surface area contributed by atoms with Crippen LogP contribution in [0.2, 0.25) is 0 Å². The molecule has 1 aliphatic rings.